The summed E-state index contributed by atoms with van der Waals surface area (Å²) in [5.74, 6) is 0.808. The second-order valence-corrected chi connectivity index (χ2v) is 7.15. The van der Waals surface area contributed by atoms with E-state index in [1.54, 1.807) is 4.90 Å². The number of hydrogen-bond donors (Lipinski definition) is 1. The van der Waals surface area contributed by atoms with Crippen LogP contribution in [0.15, 0.2) is 30.9 Å². The number of carbonyl (C=O) groups excluding carboxylic acids is 2. The summed E-state index contributed by atoms with van der Waals surface area (Å²) in [5, 5.41) is 3.01. The molecule has 2 aliphatic rings. The fourth-order valence-corrected chi connectivity index (χ4v) is 3.42. The molecule has 0 spiro atoms. The lowest BCUT2D eigenvalue weighted by Gasteiger charge is -2.30. The van der Waals surface area contributed by atoms with Gasteiger partial charge in [0.15, 0.2) is 0 Å². The van der Waals surface area contributed by atoms with Gasteiger partial charge in [0.05, 0.1) is 0 Å². The van der Waals surface area contributed by atoms with E-state index in [2.05, 4.69) is 25.7 Å². The number of ether oxygens (including phenoxy) is 1. The van der Waals surface area contributed by atoms with Gasteiger partial charge in [-0.05, 0) is 51.0 Å². The highest BCUT2D eigenvalue weighted by Crippen LogP contribution is 2.36. The number of carbonyl (C=O) groups is 2. The topological polar surface area (TPSA) is 58.6 Å². The maximum atomic E-state index is 12.5. The van der Waals surface area contributed by atoms with Crippen LogP contribution in [-0.2, 0) is 16.0 Å². The molecule has 2 heterocycles. The van der Waals surface area contributed by atoms with Crippen LogP contribution in [0.25, 0.3) is 0 Å². The predicted octanol–water partition coefficient (Wildman–Crippen LogP) is 2.76. The van der Waals surface area contributed by atoms with Gasteiger partial charge in [-0.15, -0.1) is 0 Å². The fraction of sp³-hybridized carbons (Fsp3) is 0.474. The van der Waals surface area contributed by atoms with Crippen molar-refractivity contribution in [2.45, 2.75) is 38.7 Å². The molecule has 0 saturated carbocycles. The van der Waals surface area contributed by atoms with E-state index in [1.807, 2.05) is 18.2 Å². The maximum Gasteiger partial charge on any atom is 0.245 e. The Balaban J connectivity index is 1.59. The van der Waals surface area contributed by atoms with Gasteiger partial charge in [0, 0.05) is 36.7 Å². The van der Waals surface area contributed by atoms with E-state index in [1.165, 1.54) is 6.08 Å². The molecule has 1 N–H and O–H groups in total. The van der Waals surface area contributed by atoms with Crippen LogP contribution in [0.4, 0.5) is 5.69 Å². The summed E-state index contributed by atoms with van der Waals surface area (Å²) in [5.41, 5.74) is 1.75. The van der Waals surface area contributed by atoms with Gasteiger partial charge in [-0.1, -0.05) is 6.58 Å². The lowest BCUT2D eigenvalue weighted by molar-refractivity contribution is -0.130. The number of nitrogens with zero attached hydrogens (tertiary/aromatic N) is 1. The first-order valence-electron chi connectivity index (χ1n) is 8.42. The Bertz CT molecular complexity index is 673. The number of rotatable bonds is 3. The number of anilines is 1. The summed E-state index contributed by atoms with van der Waals surface area (Å²) in [4.78, 5) is 25.8. The molecule has 3 rings (SSSR count). The minimum Gasteiger partial charge on any atom is -0.487 e. The molecule has 2 aliphatic heterocycles. The molecule has 128 valence electrons. The van der Waals surface area contributed by atoms with Crippen molar-refractivity contribution in [2.75, 3.05) is 18.4 Å². The van der Waals surface area contributed by atoms with Crippen molar-refractivity contribution in [3.8, 4) is 5.75 Å². The molecule has 0 aromatic heterocycles. The molecule has 24 heavy (non-hydrogen) atoms. The van der Waals surface area contributed by atoms with E-state index in [0.29, 0.717) is 25.9 Å². The van der Waals surface area contributed by atoms with E-state index in [0.717, 1.165) is 23.4 Å². The SMILES string of the molecule is C=CC(=O)N1CCC(C(=O)Nc2ccc3c(c2)CC(C)(C)O3)CC1. The minimum absolute atomic E-state index is 0.0267. The Morgan fingerprint density at radius 3 is 2.71 bits per heavy atom. The van der Waals surface area contributed by atoms with Crippen molar-refractivity contribution in [2.24, 2.45) is 5.92 Å². The molecule has 2 amide bonds. The lowest BCUT2D eigenvalue weighted by atomic mass is 9.95. The summed E-state index contributed by atoms with van der Waals surface area (Å²) in [6.07, 6.45) is 3.54. The van der Waals surface area contributed by atoms with Gasteiger partial charge in [0.2, 0.25) is 11.8 Å². The third kappa shape index (κ3) is 3.45. The first-order valence-corrected chi connectivity index (χ1v) is 8.42. The molecule has 1 aromatic carbocycles. The van der Waals surface area contributed by atoms with Crippen LogP contribution in [0.3, 0.4) is 0 Å². The Labute approximate surface area is 142 Å². The highest BCUT2D eigenvalue weighted by molar-refractivity contribution is 5.93. The predicted molar refractivity (Wildman–Crippen MR) is 93.0 cm³/mol. The zero-order valence-corrected chi connectivity index (χ0v) is 14.3. The second kappa shape index (κ2) is 6.30. The molecule has 0 aliphatic carbocycles. The van der Waals surface area contributed by atoms with Gasteiger partial charge in [-0.2, -0.15) is 0 Å². The number of nitrogens with one attached hydrogen (secondary N) is 1. The zero-order chi connectivity index (χ0) is 17.3. The van der Waals surface area contributed by atoms with Crippen LogP contribution in [0, 0.1) is 5.92 Å². The molecule has 5 heteroatoms. The van der Waals surface area contributed by atoms with Gasteiger partial charge in [-0.3, -0.25) is 9.59 Å². The van der Waals surface area contributed by atoms with Crippen molar-refractivity contribution >= 4 is 17.5 Å². The van der Waals surface area contributed by atoms with Crippen molar-refractivity contribution in [3.63, 3.8) is 0 Å². The molecular formula is C19H24N2O3. The van der Waals surface area contributed by atoms with Crippen LogP contribution < -0.4 is 10.1 Å². The van der Waals surface area contributed by atoms with E-state index in [9.17, 15) is 9.59 Å². The van der Waals surface area contributed by atoms with Crippen LogP contribution >= 0.6 is 0 Å². The van der Waals surface area contributed by atoms with Crippen LogP contribution in [0.2, 0.25) is 0 Å². The summed E-state index contributed by atoms with van der Waals surface area (Å²) in [6, 6.07) is 5.80. The van der Waals surface area contributed by atoms with Crippen LogP contribution in [-0.4, -0.2) is 35.4 Å². The second-order valence-electron chi connectivity index (χ2n) is 7.15. The van der Waals surface area contributed by atoms with Crippen molar-refractivity contribution in [1.29, 1.82) is 0 Å². The van der Waals surface area contributed by atoms with E-state index in [-0.39, 0.29) is 23.3 Å². The number of hydrogen-bond acceptors (Lipinski definition) is 3. The largest absolute Gasteiger partial charge is 0.487 e. The van der Waals surface area contributed by atoms with Gasteiger partial charge in [-0.25, -0.2) is 0 Å². The summed E-state index contributed by atoms with van der Waals surface area (Å²) >= 11 is 0. The van der Waals surface area contributed by atoms with Crippen LogP contribution in [0.1, 0.15) is 32.3 Å². The Morgan fingerprint density at radius 1 is 1.33 bits per heavy atom. The molecule has 1 saturated heterocycles. The average molecular weight is 328 g/mol. The van der Waals surface area contributed by atoms with Gasteiger partial charge in [0.25, 0.3) is 0 Å². The molecular weight excluding hydrogens is 304 g/mol. The molecule has 5 nitrogen and oxygen atoms in total. The highest BCUT2D eigenvalue weighted by Gasteiger charge is 2.30. The maximum absolute atomic E-state index is 12.5. The molecule has 0 bridgehead atoms. The van der Waals surface area contributed by atoms with Crippen molar-refractivity contribution in [3.05, 3.63) is 36.4 Å². The van der Waals surface area contributed by atoms with E-state index >= 15 is 0 Å². The standard InChI is InChI=1S/C19H24N2O3/c1-4-17(22)21-9-7-13(8-10-21)18(23)20-15-5-6-16-14(11-15)12-19(2,3)24-16/h4-6,11,13H,1,7-10,12H2,2-3H3,(H,20,23). The third-order valence-corrected chi connectivity index (χ3v) is 4.68. The van der Waals surface area contributed by atoms with Crippen molar-refractivity contribution < 1.29 is 14.3 Å². The molecule has 0 atom stereocenters. The number of likely N-dealkylation sites (tertiary alicyclic amines) is 1. The van der Waals surface area contributed by atoms with E-state index < -0.39 is 0 Å². The smallest absolute Gasteiger partial charge is 0.245 e. The summed E-state index contributed by atoms with van der Waals surface area (Å²) < 4.78 is 5.86. The first kappa shape index (κ1) is 16.6. The number of fused-ring (bicyclic) bond motifs is 1. The zero-order valence-electron chi connectivity index (χ0n) is 14.3. The minimum atomic E-state index is -0.185. The quantitative estimate of drug-likeness (QED) is 0.868. The van der Waals surface area contributed by atoms with Crippen molar-refractivity contribution in [1.82, 2.24) is 4.90 Å². The van der Waals surface area contributed by atoms with Gasteiger partial charge in [0.1, 0.15) is 11.4 Å². The number of amides is 2. The molecule has 0 radical (unpaired) electrons. The third-order valence-electron chi connectivity index (χ3n) is 4.68. The molecule has 0 unspecified atom stereocenters. The van der Waals surface area contributed by atoms with Gasteiger partial charge < -0.3 is 15.0 Å². The fourth-order valence-electron chi connectivity index (χ4n) is 3.42. The lowest BCUT2D eigenvalue weighted by Crippen LogP contribution is -2.40. The first-order chi connectivity index (χ1) is 11.4. The number of benzene rings is 1. The Morgan fingerprint density at radius 2 is 2.04 bits per heavy atom. The molecule has 1 aromatic rings. The normalized spacial score (nSPS) is 19.3. The van der Waals surface area contributed by atoms with Gasteiger partial charge >= 0.3 is 0 Å². The van der Waals surface area contributed by atoms with E-state index in [4.69, 9.17) is 4.74 Å². The Kier molecular flexibility index (Phi) is 4.35. The summed E-state index contributed by atoms with van der Waals surface area (Å²) in [6.45, 7) is 8.83. The molecule has 1 fully saturated rings. The number of piperidine rings is 1. The summed E-state index contributed by atoms with van der Waals surface area (Å²) in [7, 11) is 0. The highest BCUT2D eigenvalue weighted by atomic mass is 16.5. The Hall–Kier alpha value is -2.30. The van der Waals surface area contributed by atoms with Crippen LogP contribution in [0.5, 0.6) is 5.75 Å². The monoisotopic (exact) mass is 328 g/mol. The average Bonchev–Trinajstić information content (AvgIpc) is 2.87.